The number of pyridine rings is 1. The van der Waals surface area contributed by atoms with Crippen molar-refractivity contribution in [1.29, 1.82) is 0 Å². The molecule has 100 valence electrons. The first kappa shape index (κ1) is 14.1. The Labute approximate surface area is 100 Å². The minimum absolute atomic E-state index is 0.172. The molecule has 18 heavy (non-hydrogen) atoms. The molecule has 0 atom stereocenters. The summed E-state index contributed by atoms with van der Waals surface area (Å²) in [6.07, 6.45) is -4.56. The number of rotatable bonds is 4. The van der Waals surface area contributed by atoms with Gasteiger partial charge in [-0.05, 0) is 6.92 Å². The molecule has 0 saturated carbocycles. The Morgan fingerprint density at radius 1 is 1.44 bits per heavy atom. The van der Waals surface area contributed by atoms with Gasteiger partial charge < -0.3 is 14.6 Å². The van der Waals surface area contributed by atoms with E-state index in [4.69, 9.17) is 9.84 Å². The first-order valence-electron chi connectivity index (χ1n) is 4.74. The third kappa shape index (κ3) is 3.51. The maximum atomic E-state index is 12.3. The van der Waals surface area contributed by atoms with E-state index in [9.17, 15) is 18.0 Å². The number of alkyl halides is 3. The van der Waals surface area contributed by atoms with E-state index in [-0.39, 0.29) is 17.0 Å². The van der Waals surface area contributed by atoms with Crippen LogP contribution in [0.5, 0.6) is 11.5 Å². The summed E-state index contributed by atoms with van der Waals surface area (Å²) in [4.78, 5) is 14.3. The topological polar surface area (TPSA) is 68.7 Å². The summed E-state index contributed by atoms with van der Waals surface area (Å²) in [5.41, 5.74) is -0.0341. The highest BCUT2D eigenvalue weighted by molar-refractivity contribution is 5.72. The number of halogens is 3. The van der Waals surface area contributed by atoms with E-state index in [0.717, 1.165) is 13.3 Å². The molecule has 8 heteroatoms. The van der Waals surface area contributed by atoms with Crippen molar-refractivity contribution in [2.75, 3.05) is 7.11 Å². The zero-order valence-corrected chi connectivity index (χ0v) is 9.54. The van der Waals surface area contributed by atoms with Gasteiger partial charge in [-0.15, -0.1) is 13.2 Å². The van der Waals surface area contributed by atoms with Crippen LogP contribution in [0.2, 0.25) is 0 Å². The molecule has 0 spiro atoms. The quantitative estimate of drug-likeness (QED) is 0.900. The number of nitrogens with zero attached hydrogens (tertiary/aromatic N) is 1. The molecule has 0 saturated heterocycles. The molecule has 1 rings (SSSR count). The lowest BCUT2D eigenvalue weighted by Crippen LogP contribution is -2.20. The van der Waals surface area contributed by atoms with Gasteiger partial charge in [0.05, 0.1) is 19.2 Å². The van der Waals surface area contributed by atoms with Crippen LogP contribution in [-0.2, 0) is 11.2 Å². The van der Waals surface area contributed by atoms with Crippen LogP contribution in [0.25, 0.3) is 0 Å². The highest BCUT2D eigenvalue weighted by Crippen LogP contribution is 2.37. The average molecular weight is 265 g/mol. The summed E-state index contributed by atoms with van der Waals surface area (Å²) in [6.45, 7) is 1.42. The summed E-state index contributed by atoms with van der Waals surface area (Å²) >= 11 is 0. The summed E-state index contributed by atoms with van der Waals surface area (Å²) in [5.74, 6) is -2.19. The van der Waals surface area contributed by atoms with Crippen molar-refractivity contribution in [2.24, 2.45) is 0 Å². The van der Waals surface area contributed by atoms with Gasteiger partial charge in [0.2, 0.25) is 0 Å². The number of aryl methyl sites for hydroxylation is 1. The van der Waals surface area contributed by atoms with Crippen molar-refractivity contribution in [3.63, 3.8) is 0 Å². The number of methoxy groups -OCH3 is 1. The van der Waals surface area contributed by atoms with E-state index in [0.29, 0.717) is 0 Å². The molecule has 1 aromatic heterocycles. The Morgan fingerprint density at radius 2 is 2.06 bits per heavy atom. The monoisotopic (exact) mass is 265 g/mol. The van der Waals surface area contributed by atoms with Gasteiger partial charge in [-0.3, -0.25) is 9.78 Å². The molecule has 0 radical (unpaired) electrons. The van der Waals surface area contributed by atoms with Gasteiger partial charge in [0.15, 0.2) is 11.5 Å². The molecule has 5 nitrogen and oxygen atoms in total. The first-order valence-corrected chi connectivity index (χ1v) is 4.74. The minimum Gasteiger partial charge on any atom is -0.491 e. The number of carboxylic acid groups (broad SMARTS) is 1. The van der Waals surface area contributed by atoms with Crippen molar-refractivity contribution in [1.82, 2.24) is 4.98 Å². The number of aliphatic carboxylic acids is 1. The van der Waals surface area contributed by atoms with Gasteiger partial charge in [-0.2, -0.15) is 0 Å². The lowest BCUT2D eigenvalue weighted by molar-refractivity contribution is -0.275. The summed E-state index contributed by atoms with van der Waals surface area (Å²) < 4.78 is 45.4. The fourth-order valence-corrected chi connectivity index (χ4v) is 1.36. The Hall–Kier alpha value is -1.99. The van der Waals surface area contributed by atoms with E-state index in [1.807, 2.05) is 0 Å². The molecule has 0 aliphatic rings. The Balaban J connectivity index is 3.29. The summed E-state index contributed by atoms with van der Waals surface area (Å²) in [7, 11) is 1.15. The maximum absolute atomic E-state index is 12.3. The van der Waals surface area contributed by atoms with Crippen LogP contribution in [0.15, 0.2) is 6.20 Å². The summed E-state index contributed by atoms with van der Waals surface area (Å²) in [5, 5.41) is 8.62. The van der Waals surface area contributed by atoms with Crippen molar-refractivity contribution in [3.8, 4) is 11.5 Å². The van der Waals surface area contributed by atoms with Crippen LogP contribution in [0.1, 0.15) is 11.3 Å². The lowest BCUT2D eigenvalue weighted by atomic mass is 10.1. The number of hydrogen-bond acceptors (Lipinski definition) is 4. The van der Waals surface area contributed by atoms with Crippen LogP contribution in [-0.4, -0.2) is 29.5 Å². The van der Waals surface area contributed by atoms with Crippen LogP contribution < -0.4 is 9.47 Å². The smallest absolute Gasteiger partial charge is 0.491 e. The van der Waals surface area contributed by atoms with Gasteiger partial charge >= 0.3 is 12.3 Å². The molecule has 0 aromatic carbocycles. The fraction of sp³-hybridized carbons (Fsp3) is 0.400. The molecule has 0 aliphatic carbocycles. The van der Waals surface area contributed by atoms with E-state index in [2.05, 4.69) is 9.72 Å². The molecule has 0 bridgehead atoms. The SMILES string of the molecule is COc1c(C)ncc(CC(=O)O)c1OC(F)(F)F. The number of hydrogen-bond donors (Lipinski definition) is 1. The third-order valence-corrected chi connectivity index (χ3v) is 2.00. The molecule has 1 heterocycles. The normalized spacial score (nSPS) is 11.2. The van der Waals surface area contributed by atoms with Crippen LogP contribution in [0.3, 0.4) is 0 Å². The summed E-state index contributed by atoms with van der Waals surface area (Å²) in [6, 6.07) is 0. The molecular weight excluding hydrogens is 255 g/mol. The fourth-order valence-electron chi connectivity index (χ4n) is 1.36. The van der Waals surface area contributed by atoms with Gasteiger partial charge in [0.25, 0.3) is 0 Å². The Kier molecular flexibility index (Phi) is 4.00. The van der Waals surface area contributed by atoms with Crippen molar-refractivity contribution < 1.29 is 32.5 Å². The van der Waals surface area contributed by atoms with E-state index in [1.54, 1.807) is 0 Å². The van der Waals surface area contributed by atoms with Crippen molar-refractivity contribution in [2.45, 2.75) is 19.7 Å². The van der Waals surface area contributed by atoms with Gasteiger partial charge in [-0.25, -0.2) is 0 Å². The minimum atomic E-state index is -4.94. The molecule has 1 N–H and O–H groups in total. The largest absolute Gasteiger partial charge is 0.573 e. The van der Waals surface area contributed by atoms with Crippen molar-refractivity contribution >= 4 is 5.97 Å². The molecule has 0 amide bonds. The number of carbonyl (C=O) groups is 1. The van der Waals surface area contributed by atoms with Crippen LogP contribution in [0, 0.1) is 6.92 Å². The second-order valence-corrected chi connectivity index (χ2v) is 3.35. The Morgan fingerprint density at radius 3 is 2.50 bits per heavy atom. The number of carboxylic acids is 1. The second-order valence-electron chi connectivity index (χ2n) is 3.35. The standard InChI is InChI=1S/C10H10F3NO4/c1-5-8(17-2)9(18-10(11,12)13)6(4-14-5)3-7(15)16/h4H,3H2,1-2H3,(H,15,16). The van der Waals surface area contributed by atoms with Gasteiger partial charge in [0, 0.05) is 11.8 Å². The zero-order chi connectivity index (χ0) is 13.9. The van der Waals surface area contributed by atoms with Crippen molar-refractivity contribution in [3.05, 3.63) is 17.5 Å². The molecule has 1 aromatic rings. The van der Waals surface area contributed by atoms with Gasteiger partial charge in [0.1, 0.15) is 0 Å². The Bertz CT molecular complexity index is 459. The van der Waals surface area contributed by atoms with E-state index < -0.39 is 24.5 Å². The van der Waals surface area contributed by atoms with E-state index >= 15 is 0 Å². The van der Waals surface area contributed by atoms with Crippen LogP contribution >= 0.6 is 0 Å². The van der Waals surface area contributed by atoms with Gasteiger partial charge in [-0.1, -0.05) is 0 Å². The predicted octanol–water partition coefficient (Wildman–Crippen LogP) is 1.92. The molecule has 0 fully saturated rings. The maximum Gasteiger partial charge on any atom is 0.573 e. The zero-order valence-electron chi connectivity index (χ0n) is 9.54. The highest BCUT2D eigenvalue weighted by Gasteiger charge is 2.34. The molecular formula is C10H10F3NO4. The predicted molar refractivity (Wildman–Crippen MR) is 53.5 cm³/mol. The number of ether oxygens (including phenoxy) is 2. The second kappa shape index (κ2) is 5.11. The number of aromatic nitrogens is 1. The molecule has 0 unspecified atom stereocenters. The molecule has 0 aliphatic heterocycles. The van der Waals surface area contributed by atoms with E-state index in [1.165, 1.54) is 6.92 Å². The first-order chi connectivity index (χ1) is 8.24. The lowest BCUT2D eigenvalue weighted by Gasteiger charge is -2.16. The third-order valence-electron chi connectivity index (χ3n) is 2.00. The average Bonchev–Trinajstić information content (AvgIpc) is 2.20. The highest BCUT2D eigenvalue weighted by atomic mass is 19.4. The van der Waals surface area contributed by atoms with Crippen LogP contribution in [0.4, 0.5) is 13.2 Å².